The van der Waals surface area contributed by atoms with Crippen molar-refractivity contribution in [3.8, 4) is 0 Å². The Balaban J connectivity index is 0.000000991. The molecule has 8 N–H and O–H groups in total. The van der Waals surface area contributed by atoms with Crippen molar-refractivity contribution in [1.82, 2.24) is 0 Å². The number of rotatable bonds is 4. The van der Waals surface area contributed by atoms with E-state index in [-0.39, 0.29) is 39.3 Å². The van der Waals surface area contributed by atoms with Gasteiger partial charge >= 0.3 is 17.1 Å². The van der Waals surface area contributed by atoms with Crippen LogP contribution in [0.3, 0.4) is 0 Å². The van der Waals surface area contributed by atoms with Crippen molar-refractivity contribution >= 4 is 31.8 Å². The maximum Gasteiger partial charge on any atom is 2.00 e. The van der Waals surface area contributed by atoms with Crippen molar-refractivity contribution in [3.63, 3.8) is 0 Å². The van der Waals surface area contributed by atoms with Crippen LogP contribution >= 0.6 is 0 Å². The van der Waals surface area contributed by atoms with Crippen LogP contribution in [-0.4, -0.2) is 63.7 Å². The quantitative estimate of drug-likeness (QED) is 0.205. The van der Waals surface area contributed by atoms with Crippen LogP contribution in [0.25, 0.3) is 0 Å². The molecule has 0 bridgehead atoms. The van der Waals surface area contributed by atoms with Crippen molar-refractivity contribution < 1.29 is 52.6 Å². The molecule has 0 spiro atoms. The SMILES string of the molecule is NCCN.NCCN.O=C1c2ccc(S(=O)(=O)[O-])cc2C(=O)c2ccc(S(=O)(=O)[O-])cc21.[Cu+2]. The van der Waals surface area contributed by atoms with Crippen LogP contribution in [0.4, 0.5) is 0 Å². The van der Waals surface area contributed by atoms with Crippen molar-refractivity contribution in [1.29, 1.82) is 0 Å². The molecule has 15 heteroatoms. The molecule has 2 aromatic rings. The fraction of sp³-hybridized carbons (Fsp3) is 0.222. The topological polar surface area (TPSA) is 253 Å². The van der Waals surface area contributed by atoms with Crippen LogP contribution in [0.1, 0.15) is 31.8 Å². The first-order valence-electron chi connectivity index (χ1n) is 8.93. The van der Waals surface area contributed by atoms with E-state index < -0.39 is 41.6 Å². The molecule has 0 heterocycles. The van der Waals surface area contributed by atoms with Crippen LogP contribution in [0.15, 0.2) is 46.2 Å². The van der Waals surface area contributed by atoms with Crippen molar-refractivity contribution in [2.24, 2.45) is 22.9 Å². The number of carbonyl (C=O) groups is 2. The van der Waals surface area contributed by atoms with Crippen molar-refractivity contribution in [3.05, 3.63) is 58.7 Å². The molecule has 0 amide bonds. The van der Waals surface area contributed by atoms with Gasteiger partial charge in [0.25, 0.3) is 0 Å². The maximum absolute atomic E-state index is 12.4. The molecular formula is C18H22CuN4O8S2. The summed E-state index contributed by atoms with van der Waals surface area (Å²) in [6.07, 6.45) is 0. The number of nitrogens with two attached hydrogens (primary N) is 4. The number of ketones is 2. The van der Waals surface area contributed by atoms with Gasteiger partial charge in [0.15, 0.2) is 11.6 Å². The Hall–Kier alpha value is -2.04. The Labute approximate surface area is 201 Å². The third-order valence-electron chi connectivity index (χ3n) is 3.87. The molecule has 1 aliphatic rings. The molecule has 185 valence electrons. The van der Waals surface area contributed by atoms with Crippen LogP contribution in [-0.2, 0) is 37.3 Å². The number of hydrogen-bond donors (Lipinski definition) is 4. The monoisotopic (exact) mass is 549 g/mol. The predicted molar refractivity (Wildman–Crippen MR) is 112 cm³/mol. The van der Waals surface area contributed by atoms with E-state index >= 15 is 0 Å². The van der Waals surface area contributed by atoms with Gasteiger partial charge in [-0.1, -0.05) is 0 Å². The van der Waals surface area contributed by atoms with Gasteiger partial charge in [-0.05, 0) is 36.4 Å². The molecule has 1 aliphatic carbocycles. The van der Waals surface area contributed by atoms with E-state index in [1.807, 2.05) is 0 Å². The van der Waals surface area contributed by atoms with Crippen LogP contribution in [0.2, 0.25) is 0 Å². The van der Waals surface area contributed by atoms with Gasteiger partial charge in [-0.2, -0.15) is 0 Å². The average molecular weight is 550 g/mol. The number of hydrogen-bond acceptors (Lipinski definition) is 12. The Morgan fingerprint density at radius 2 is 0.848 bits per heavy atom. The first-order chi connectivity index (χ1) is 14.8. The van der Waals surface area contributed by atoms with Gasteiger partial charge in [0, 0.05) is 48.4 Å². The van der Waals surface area contributed by atoms with E-state index in [1.165, 1.54) is 0 Å². The summed E-state index contributed by atoms with van der Waals surface area (Å²) >= 11 is 0. The zero-order chi connectivity index (χ0) is 24.7. The summed E-state index contributed by atoms with van der Waals surface area (Å²) < 4.78 is 66.3. The van der Waals surface area contributed by atoms with E-state index in [4.69, 9.17) is 22.9 Å². The summed E-state index contributed by atoms with van der Waals surface area (Å²) in [7, 11) is -9.63. The van der Waals surface area contributed by atoms with Gasteiger partial charge in [0.05, 0.1) is 9.79 Å². The van der Waals surface area contributed by atoms with Gasteiger partial charge in [0.2, 0.25) is 0 Å². The minimum Gasteiger partial charge on any atom is -0.744 e. The fourth-order valence-corrected chi connectivity index (χ4v) is 3.41. The second kappa shape index (κ2) is 13.0. The smallest absolute Gasteiger partial charge is 0.744 e. The molecule has 0 atom stereocenters. The normalized spacial score (nSPS) is 12.2. The summed E-state index contributed by atoms with van der Waals surface area (Å²) in [5.41, 5.74) is 18.7. The Bertz CT molecular complexity index is 1120. The van der Waals surface area contributed by atoms with Gasteiger partial charge in [-0.25, -0.2) is 16.8 Å². The summed E-state index contributed by atoms with van der Waals surface area (Å²) in [6, 6.07) is 5.37. The molecule has 0 aromatic heterocycles. The minimum atomic E-state index is -4.81. The predicted octanol–water partition coefficient (Wildman–Crippen LogP) is -1.92. The summed E-state index contributed by atoms with van der Waals surface area (Å²) in [5.74, 6) is -1.50. The van der Waals surface area contributed by atoms with Crippen molar-refractivity contribution in [2.45, 2.75) is 9.79 Å². The van der Waals surface area contributed by atoms with E-state index in [0.29, 0.717) is 26.2 Å². The molecule has 0 saturated heterocycles. The minimum absolute atomic E-state index is 0. The summed E-state index contributed by atoms with van der Waals surface area (Å²) in [6.45, 7) is 2.39. The van der Waals surface area contributed by atoms with Crippen LogP contribution in [0, 0.1) is 0 Å². The zero-order valence-electron chi connectivity index (χ0n) is 17.0. The molecule has 2 aromatic carbocycles. The van der Waals surface area contributed by atoms with Gasteiger partial charge < -0.3 is 32.0 Å². The molecule has 0 aliphatic heterocycles. The third kappa shape index (κ3) is 8.04. The van der Waals surface area contributed by atoms with Gasteiger partial charge in [-0.3, -0.25) is 9.59 Å². The number of benzene rings is 2. The first kappa shape index (κ1) is 31.0. The van der Waals surface area contributed by atoms with E-state index in [9.17, 15) is 35.5 Å². The zero-order valence-corrected chi connectivity index (χ0v) is 19.6. The average Bonchev–Trinajstić information content (AvgIpc) is 2.75. The third-order valence-corrected chi connectivity index (χ3v) is 5.53. The molecular weight excluding hydrogens is 528 g/mol. The first-order valence-corrected chi connectivity index (χ1v) is 11.7. The molecule has 12 nitrogen and oxygen atoms in total. The molecule has 3 rings (SSSR count). The number of fused-ring (bicyclic) bond motifs is 2. The maximum atomic E-state index is 12.4. The molecule has 0 fully saturated rings. The molecule has 33 heavy (non-hydrogen) atoms. The largest absolute Gasteiger partial charge is 2.00 e. The molecule has 0 saturated carbocycles. The second-order valence-corrected chi connectivity index (χ2v) is 8.90. The standard InChI is InChI=1S/C14H8O8S2.2C2H8N2.Cu/c15-13-9-3-1-7(23(17,18)19)5-11(9)14(16)10-4-2-8(6-12(10)13)24(20,21)22;2*3-1-2-4;/h1-6H,(H,17,18,19)(H,20,21,22);2*1-4H2;/q;;;+2/p-2. The summed E-state index contributed by atoms with van der Waals surface area (Å²) in [5, 5.41) is 0. The van der Waals surface area contributed by atoms with E-state index in [0.717, 1.165) is 36.4 Å². The van der Waals surface area contributed by atoms with Gasteiger partial charge in [-0.15, -0.1) is 0 Å². The molecule has 1 radical (unpaired) electrons. The van der Waals surface area contributed by atoms with Crippen molar-refractivity contribution in [2.75, 3.05) is 26.2 Å². The Morgan fingerprint density at radius 1 is 0.576 bits per heavy atom. The van der Waals surface area contributed by atoms with Gasteiger partial charge in [0.1, 0.15) is 20.2 Å². The van der Waals surface area contributed by atoms with Crippen LogP contribution in [0.5, 0.6) is 0 Å². The number of carbonyl (C=O) groups excluding carboxylic acids is 2. The Morgan fingerprint density at radius 3 is 1.06 bits per heavy atom. The second-order valence-electron chi connectivity index (χ2n) is 6.14. The van der Waals surface area contributed by atoms with Crippen LogP contribution < -0.4 is 22.9 Å². The Kier molecular flexibility index (Phi) is 12.2. The fourth-order valence-electron chi connectivity index (χ4n) is 2.42. The van der Waals surface area contributed by atoms with E-state index in [2.05, 4.69) is 0 Å². The summed E-state index contributed by atoms with van der Waals surface area (Å²) in [4.78, 5) is 23.5. The molecule has 0 unspecified atom stereocenters. The van der Waals surface area contributed by atoms with E-state index in [1.54, 1.807) is 0 Å².